The molecular weight excluding hydrogens is 388 g/mol. The van der Waals surface area contributed by atoms with Crippen LogP contribution in [0.25, 0.3) is 0 Å². The molecule has 0 aliphatic carbocycles. The van der Waals surface area contributed by atoms with Gasteiger partial charge in [0.2, 0.25) is 5.91 Å². The molecule has 166 valence electrons. The number of hydrogen-bond donors (Lipinski definition) is 1. The van der Waals surface area contributed by atoms with Crippen LogP contribution in [-0.2, 0) is 17.9 Å². The molecule has 1 N–H and O–H groups in total. The second-order valence-corrected chi connectivity index (χ2v) is 8.29. The molecule has 2 aromatic rings. The summed E-state index contributed by atoms with van der Waals surface area (Å²) in [4.78, 5) is 30.5. The number of nitrogens with zero attached hydrogens (tertiary/aromatic N) is 3. The van der Waals surface area contributed by atoms with Gasteiger partial charge in [-0.15, -0.1) is 0 Å². The Morgan fingerprint density at radius 1 is 0.839 bits per heavy atom. The van der Waals surface area contributed by atoms with Gasteiger partial charge in [0, 0.05) is 58.9 Å². The number of amides is 3. The van der Waals surface area contributed by atoms with Crippen LogP contribution in [0.3, 0.4) is 0 Å². The van der Waals surface area contributed by atoms with E-state index in [2.05, 4.69) is 34.5 Å². The molecule has 3 rings (SSSR count). The predicted molar refractivity (Wildman–Crippen MR) is 125 cm³/mol. The monoisotopic (exact) mass is 422 g/mol. The summed E-state index contributed by atoms with van der Waals surface area (Å²) in [6, 6.07) is 18.2. The number of piperidine rings is 1. The van der Waals surface area contributed by atoms with Crippen molar-refractivity contribution in [2.75, 3.05) is 38.6 Å². The van der Waals surface area contributed by atoms with Crippen LogP contribution in [-0.4, -0.2) is 55.5 Å². The fourth-order valence-corrected chi connectivity index (χ4v) is 3.86. The molecule has 2 aromatic carbocycles. The Bertz CT molecular complexity index is 832. The van der Waals surface area contributed by atoms with Gasteiger partial charge in [-0.25, -0.2) is 4.79 Å². The third kappa shape index (κ3) is 7.02. The maximum atomic E-state index is 12.5. The largest absolute Gasteiger partial charge is 0.372 e. The summed E-state index contributed by atoms with van der Waals surface area (Å²) in [6.45, 7) is 3.69. The first-order chi connectivity index (χ1) is 15.0. The molecule has 1 saturated heterocycles. The minimum atomic E-state index is -0.174. The minimum Gasteiger partial charge on any atom is -0.372 e. The highest BCUT2D eigenvalue weighted by atomic mass is 16.2. The van der Waals surface area contributed by atoms with E-state index in [0.717, 1.165) is 24.2 Å². The third-order valence-electron chi connectivity index (χ3n) is 5.73. The lowest BCUT2D eigenvalue weighted by atomic mass is 10.1. The Morgan fingerprint density at radius 2 is 1.45 bits per heavy atom. The maximum absolute atomic E-state index is 12.5. The molecule has 0 saturated carbocycles. The van der Waals surface area contributed by atoms with Crippen molar-refractivity contribution in [3.63, 3.8) is 0 Å². The molecule has 0 radical (unpaired) electrons. The van der Waals surface area contributed by atoms with E-state index in [-0.39, 0.29) is 18.4 Å². The number of nitrogens with one attached hydrogen (secondary N) is 1. The van der Waals surface area contributed by atoms with E-state index >= 15 is 0 Å². The van der Waals surface area contributed by atoms with Crippen molar-refractivity contribution in [3.8, 4) is 0 Å². The Hall–Kier alpha value is -3.02. The number of carbonyl (C=O) groups excluding carboxylic acids is 2. The zero-order valence-electron chi connectivity index (χ0n) is 18.7. The molecule has 31 heavy (non-hydrogen) atoms. The summed E-state index contributed by atoms with van der Waals surface area (Å²) < 4.78 is 0. The SMILES string of the molecule is CN(Cc1ccc(N2CCCCC2)cc1)C(=O)CCNC(=O)N(C)Cc1ccccc1. The molecule has 1 fully saturated rings. The van der Waals surface area contributed by atoms with Gasteiger partial charge in [0.25, 0.3) is 0 Å². The van der Waals surface area contributed by atoms with E-state index in [4.69, 9.17) is 0 Å². The van der Waals surface area contributed by atoms with Gasteiger partial charge in [-0.2, -0.15) is 0 Å². The summed E-state index contributed by atoms with van der Waals surface area (Å²) in [6.07, 6.45) is 4.13. The standard InChI is InChI=1S/C25H34N4O2/c1-27(19-22-11-13-23(14-12-22)29-17-7-4-8-18-29)24(30)15-16-26-25(31)28(2)20-21-9-5-3-6-10-21/h3,5-6,9-14H,4,7-8,15-20H2,1-2H3,(H,26,31). The van der Waals surface area contributed by atoms with Gasteiger partial charge in [-0.3, -0.25) is 4.79 Å². The molecule has 1 heterocycles. The minimum absolute atomic E-state index is 0.0196. The van der Waals surface area contributed by atoms with Gasteiger partial charge in [0.05, 0.1) is 0 Å². The molecule has 1 aliphatic rings. The van der Waals surface area contributed by atoms with Crippen molar-refractivity contribution in [2.24, 2.45) is 0 Å². The number of carbonyl (C=O) groups is 2. The first-order valence-corrected chi connectivity index (χ1v) is 11.1. The lowest BCUT2D eigenvalue weighted by molar-refractivity contribution is -0.130. The Labute approximate surface area is 185 Å². The van der Waals surface area contributed by atoms with Gasteiger partial charge in [0.15, 0.2) is 0 Å². The van der Waals surface area contributed by atoms with Crippen molar-refractivity contribution in [3.05, 3.63) is 65.7 Å². The highest BCUT2D eigenvalue weighted by molar-refractivity contribution is 5.78. The second kappa shape index (κ2) is 11.4. The molecule has 3 amide bonds. The molecule has 0 spiro atoms. The Kier molecular flexibility index (Phi) is 8.33. The zero-order valence-corrected chi connectivity index (χ0v) is 18.7. The molecule has 0 aromatic heterocycles. The molecule has 6 nitrogen and oxygen atoms in total. The van der Waals surface area contributed by atoms with Crippen LogP contribution in [0.4, 0.5) is 10.5 Å². The lowest BCUT2D eigenvalue weighted by Gasteiger charge is -2.29. The number of hydrogen-bond acceptors (Lipinski definition) is 3. The summed E-state index contributed by atoms with van der Waals surface area (Å²) in [5, 5.41) is 2.83. The van der Waals surface area contributed by atoms with E-state index in [0.29, 0.717) is 19.6 Å². The molecule has 6 heteroatoms. The van der Waals surface area contributed by atoms with Crippen molar-refractivity contribution < 1.29 is 9.59 Å². The van der Waals surface area contributed by atoms with Crippen LogP contribution in [0, 0.1) is 0 Å². The molecule has 0 unspecified atom stereocenters. The normalized spacial score (nSPS) is 13.5. The van der Waals surface area contributed by atoms with Gasteiger partial charge in [-0.05, 0) is 42.5 Å². The highest BCUT2D eigenvalue weighted by Crippen LogP contribution is 2.20. The number of anilines is 1. The van der Waals surface area contributed by atoms with E-state index in [1.54, 1.807) is 16.8 Å². The van der Waals surface area contributed by atoms with Crippen LogP contribution in [0.5, 0.6) is 0 Å². The van der Waals surface area contributed by atoms with Gasteiger partial charge in [0.1, 0.15) is 0 Å². The average Bonchev–Trinajstić information content (AvgIpc) is 2.80. The van der Waals surface area contributed by atoms with E-state index in [1.165, 1.54) is 24.9 Å². The van der Waals surface area contributed by atoms with E-state index < -0.39 is 0 Å². The van der Waals surface area contributed by atoms with Gasteiger partial charge < -0.3 is 20.0 Å². The first kappa shape index (κ1) is 22.7. The van der Waals surface area contributed by atoms with Crippen LogP contribution < -0.4 is 10.2 Å². The third-order valence-corrected chi connectivity index (χ3v) is 5.73. The average molecular weight is 423 g/mol. The summed E-state index contributed by atoms with van der Waals surface area (Å²) in [7, 11) is 3.56. The van der Waals surface area contributed by atoms with Crippen molar-refractivity contribution in [1.82, 2.24) is 15.1 Å². The smallest absolute Gasteiger partial charge is 0.317 e. The van der Waals surface area contributed by atoms with Crippen LogP contribution in [0.2, 0.25) is 0 Å². The fourth-order valence-electron chi connectivity index (χ4n) is 3.86. The quantitative estimate of drug-likeness (QED) is 0.703. The van der Waals surface area contributed by atoms with Crippen LogP contribution in [0.15, 0.2) is 54.6 Å². The van der Waals surface area contributed by atoms with Crippen LogP contribution in [0.1, 0.15) is 36.8 Å². The molecule has 0 atom stereocenters. The molecular formula is C25H34N4O2. The number of rotatable bonds is 8. The Morgan fingerprint density at radius 3 is 2.13 bits per heavy atom. The second-order valence-electron chi connectivity index (χ2n) is 8.29. The van der Waals surface area contributed by atoms with E-state index in [1.807, 2.05) is 37.4 Å². The zero-order chi connectivity index (χ0) is 22.1. The first-order valence-electron chi connectivity index (χ1n) is 11.1. The lowest BCUT2D eigenvalue weighted by Crippen LogP contribution is -2.39. The predicted octanol–water partition coefficient (Wildman–Crippen LogP) is 3.87. The van der Waals surface area contributed by atoms with E-state index in [9.17, 15) is 9.59 Å². The molecule has 0 bridgehead atoms. The highest BCUT2D eigenvalue weighted by Gasteiger charge is 2.14. The number of urea groups is 1. The van der Waals surface area contributed by atoms with Gasteiger partial charge >= 0.3 is 6.03 Å². The van der Waals surface area contributed by atoms with Gasteiger partial charge in [-0.1, -0.05) is 42.5 Å². The van der Waals surface area contributed by atoms with Crippen molar-refractivity contribution >= 4 is 17.6 Å². The summed E-state index contributed by atoms with van der Waals surface area (Å²) in [5.41, 5.74) is 3.45. The van der Waals surface area contributed by atoms with Crippen molar-refractivity contribution in [1.29, 1.82) is 0 Å². The fraction of sp³-hybridized carbons (Fsp3) is 0.440. The topological polar surface area (TPSA) is 55.9 Å². The number of benzene rings is 2. The summed E-state index contributed by atoms with van der Waals surface area (Å²) >= 11 is 0. The summed E-state index contributed by atoms with van der Waals surface area (Å²) in [5.74, 6) is 0.0196. The maximum Gasteiger partial charge on any atom is 0.317 e. The molecule has 1 aliphatic heterocycles. The Balaban J connectivity index is 1.38. The van der Waals surface area contributed by atoms with Crippen LogP contribution >= 0.6 is 0 Å². The van der Waals surface area contributed by atoms with Crippen molar-refractivity contribution in [2.45, 2.75) is 38.8 Å².